The van der Waals surface area contributed by atoms with Gasteiger partial charge in [-0.1, -0.05) is 0 Å². The minimum Gasteiger partial charge on any atom is -0.480 e. The molecule has 1 unspecified atom stereocenters. The summed E-state index contributed by atoms with van der Waals surface area (Å²) >= 11 is 0. The van der Waals surface area contributed by atoms with Gasteiger partial charge in [0.2, 0.25) is 5.91 Å². The van der Waals surface area contributed by atoms with Crippen molar-refractivity contribution in [3.8, 4) is 0 Å². The summed E-state index contributed by atoms with van der Waals surface area (Å²) in [6.45, 7) is 6.70. The molecule has 0 bridgehead atoms. The topological polar surface area (TPSA) is 87.5 Å². The molecule has 0 saturated heterocycles. The Morgan fingerprint density at radius 2 is 2.08 bits per heavy atom. The van der Waals surface area contributed by atoms with E-state index in [1.54, 1.807) is 4.68 Å². The number of hydrogen-bond donors (Lipinski definition) is 2. The zero-order valence-electron chi connectivity index (χ0n) is 15.2. The molecule has 1 aromatic heterocycles. The Balaban J connectivity index is 1.49. The number of rotatable bonds is 8. The van der Waals surface area contributed by atoms with Crippen LogP contribution in [0.4, 0.5) is 0 Å². The van der Waals surface area contributed by atoms with Crippen molar-refractivity contribution in [2.24, 2.45) is 5.92 Å². The van der Waals surface area contributed by atoms with Gasteiger partial charge < -0.3 is 10.4 Å². The number of amides is 1. The second-order valence-electron chi connectivity index (χ2n) is 7.64. The lowest BCUT2D eigenvalue weighted by Gasteiger charge is -2.43. The first-order valence-electron chi connectivity index (χ1n) is 9.12. The quantitative estimate of drug-likeness (QED) is 0.743. The van der Waals surface area contributed by atoms with Crippen LogP contribution in [0.25, 0.3) is 0 Å². The van der Waals surface area contributed by atoms with E-state index in [0.717, 1.165) is 30.8 Å². The van der Waals surface area contributed by atoms with Crippen molar-refractivity contribution in [3.63, 3.8) is 0 Å². The maximum absolute atomic E-state index is 12.5. The Morgan fingerprint density at radius 3 is 2.60 bits per heavy atom. The summed E-state index contributed by atoms with van der Waals surface area (Å²) in [6.07, 6.45) is 4.08. The van der Waals surface area contributed by atoms with E-state index in [-0.39, 0.29) is 30.6 Å². The highest BCUT2D eigenvalue weighted by Crippen LogP contribution is 2.33. The van der Waals surface area contributed by atoms with Crippen molar-refractivity contribution in [2.45, 2.75) is 64.6 Å². The number of nitrogens with zero attached hydrogens (tertiary/aromatic N) is 3. The van der Waals surface area contributed by atoms with Crippen LogP contribution < -0.4 is 5.32 Å². The molecule has 7 nitrogen and oxygen atoms in total. The van der Waals surface area contributed by atoms with Gasteiger partial charge in [-0.05, 0) is 58.4 Å². The Labute approximate surface area is 148 Å². The molecular weight excluding hydrogens is 320 g/mol. The number of aliphatic carboxylic acids is 1. The van der Waals surface area contributed by atoms with Crippen molar-refractivity contribution in [1.29, 1.82) is 0 Å². The molecule has 0 aromatic carbocycles. The Bertz CT molecular complexity index is 647. The number of carboxylic acids is 1. The van der Waals surface area contributed by atoms with Gasteiger partial charge in [0.25, 0.3) is 0 Å². The average molecular weight is 348 g/mol. The molecular formula is C18H28N4O3. The van der Waals surface area contributed by atoms with Crippen LogP contribution in [0.5, 0.6) is 0 Å². The fourth-order valence-corrected chi connectivity index (χ4v) is 3.62. The number of aryl methyl sites for hydroxylation is 2. The summed E-state index contributed by atoms with van der Waals surface area (Å²) in [5.41, 5.74) is 1.88. The van der Waals surface area contributed by atoms with Crippen LogP contribution in [-0.2, 0) is 9.59 Å². The van der Waals surface area contributed by atoms with E-state index in [0.29, 0.717) is 5.92 Å². The highest BCUT2D eigenvalue weighted by atomic mass is 16.4. The van der Waals surface area contributed by atoms with Gasteiger partial charge in [-0.15, -0.1) is 0 Å². The third-order valence-electron chi connectivity index (χ3n) is 5.29. The Morgan fingerprint density at radius 1 is 1.40 bits per heavy atom. The maximum Gasteiger partial charge on any atom is 0.317 e. The minimum atomic E-state index is -0.772. The molecule has 2 N–H and O–H groups in total. The fourth-order valence-electron chi connectivity index (χ4n) is 3.62. The predicted octanol–water partition coefficient (Wildman–Crippen LogP) is 1.50. The van der Waals surface area contributed by atoms with Gasteiger partial charge in [0.15, 0.2) is 0 Å². The molecule has 2 saturated carbocycles. The van der Waals surface area contributed by atoms with Crippen molar-refractivity contribution >= 4 is 11.9 Å². The van der Waals surface area contributed by atoms with Crippen LogP contribution >= 0.6 is 0 Å². The van der Waals surface area contributed by atoms with Crippen LogP contribution in [0.1, 0.15) is 50.0 Å². The number of carbonyl (C=O) groups excluding carboxylic acids is 1. The number of carbonyl (C=O) groups is 2. The zero-order valence-corrected chi connectivity index (χ0v) is 15.2. The summed E-state index contributed by atoms with van der Waals surface area (Å²) in [4.78, 5) is 25.6. The monoisotopic (exact) mass is 348 g/mol. The molecule has 25 heavy (non-hydrogen) atoms. The third-order valence-corrected chi connectivity index (χ3v) is 5.29. The molecule has 3 rings (SSSR count). The Hall–Kier alpha value is -1.89. The highest BCUT2D eigenvalue weighted by molar-refractivity contribution is 5.80. The smallest absolute Gasteiger partial charge is 0.317 e. The first-order valence-corrected chi connectivity index (χ1v) is 9.12. The summed E-state index contributed by atoms with van der Waals surface area (Å²) in [6, 6.07) is 2.03. The largest absolute Gasteiger partial charge is 0.480 e. The molecule has 0 spiro atoms. The lowest BCUT2D eigenvalue weighted by atomic mass is 9.85. The molecule has 1 amide bonds. The normalized spacial score (nSPS) is 24.0. The van der Waals surface area contributed by atoms with Gasteiger partial charge in [-0.25, -0.2) is 0 Å². The second-order valence-corrected chi connectivity index (χ2v) is 7.64. The predicted molar refractivity (Wildman–Crippen MR) is 93.3 cm³/mol. The van der Waals surface area contributed by atoms with E-state index in [1.807, 2.05) is 26.8 Å². The van der Waals surface area contributed by atoms with Crippen LogP contribution in [0.15, 0.2) is 6.07 Å². The first kappa shape index (κ1) is 17.9. The summed E-state index contributed by atoms with van der Waals surface area (Å²) < 4.78 is 1.75. The zero-order chi connectivity index (χ0) is 18.1. The number of carboxylic acid groups (broad SMARTS) is 1. The Kier molecular flexibility index (Phi) is 5.13. The van der Waals surface area contributed by atoms with E-state index in [2.05, 4.69) is 15.3 Å². The highest BCUT2D eigenvalue weighted by Gasteiger charge is 2.38. The van der Waals surface area contributed by atoms with Crippen LogP contribution in [-0.4, -0.2) is 56.8 Å². The van der Waals surface area contributed by atoms with E-state index in [9.17, 15) is 9.59 Å². The molecule has 0 radical (unpaired) electrons. The number of hydrogen-bond acceptors (Lipinski definition) is 4. The average Bonchev–Trinajstić information content (AvgIpc) is 3.23. The molecule has 1 heterocycles. The lowest BCUT2D eigenvalue weighted by molar-refractivity contribution is -0.140. The maximum atomic E-state index is 12.5. The van der Waals surface area contributed by atoms with Gasteiger partial charge in [0.1, 0.15) is 6.04 Å². The van der Waals surface area contributed by atoms with Gasteiger partial charge in [-0.2, -0.15) is 5.10 Å². The fraction of sp³-hybridized carbons (Fsp3) is 0.722. The molecule has 2 aliphatic carbocycles. The van der Waals surface area contributed by atoms with E-state index in [1.165, 1.54) is 12.8 Å². The van der Waals surface area contributed by atoms with E-state index < -0.39 is 5.97 Å². The third kappa shape index (κ3) is 4.39. The van der Waals surface area contributed by atoms with Crippen LogP contribution in [0.2, 0.25) is 0 Å². The van der Waals surface area contributed by atoms with Gasteiger partial charge >= 0.3 is 5.97 Å². The van der Waals surface area contributed by atoms with Gasteiger partial charge in [0, 0.05) is 24.3 Å². The van der Waals surface area contributed by atoms with E-state index >= 15 is 0 Å². The standard InChI is InChI=1S/C18H28N4O3/c1-11-6-12(2)22(20-11)13(3)18(25)19-15-7-16(8-15)21(10-17(23)24)9-14-4-5-14/h6,13-16H,4-5,7-10H2,1-3H3,(H,19,25)(H,23,24). The van der Waals surface area contributed by atoms with Crippen molar-refractivity contribution in [2.75, 3.05) is 13.1 Å². The lowest BCUT2D eigenvalue weighted by Crippen LogP contribution is -2.56. The van der Waals surface area contributed by atoms with Crippen LogP contribution in [0.3, 0.4) is 0 Å². The minimum absolute atomic E-state index is 0.0263. The molecule has 138 valence electrons. The summed E-state index contributed by atoms with van der Waals surface area (Å²) in [5, 5.41) is 16.6. The summed E-state index contributed by atoms with van der Waals surface area (Å²) in [5.74, 6) is -0.132. The SMILES string of the molecule is Cc1cc(C)n(C(C)C(=O)NC2CC(N(CC(=O)O)CC3CC3)C2)n1. The van der Waals surface area contributed by atoms with Crippen molar-refractivity contribution in [3.05, 3.63) is 17.5 Å². The first-order chi connectivity index (χ1) is 11.8. The molecule has 0 aliphatic heterocycles. The van der Waals surface area contributed by atoms with E-state index in [4.69, 9.17) is 5.11 Å². The van der Waals surface area contributed by atoms with Gasteiger partial charge in [0.05, 0.1) is 12.2 Å². The van der Waals surface area contributed by atoms with Gasteiger partial charge in [-0.3, -0.25) is 19.2 Å². The number of aromatic nitrogens is 2. The van der Waals surface area contributed by atoms with Crippen molar-refractivity contribution < 1.29 is 14.7 Å². The molecule has 7 heteroatoms. The van der Waals surface area contributed by atoms with Crippen molar-refractivity contribution in [1.82, 2.24) is 20.0 Å². The van der Waals surface area contributed by atoms with Crippen LogP contribution in [0, 0.1) is 19.8 Å². The molecule has 1 aromatic rings. The second kappa shape index (κ2) is 7.15. The molecule has 1 atom stereocenters. The summed E-state index contributed by atoms with van der Waals surface area (Å²) in [7, 11) is 0. The molecule has 2 fully saturated rings. The number of nitrogens with one attached hydrogen (secondary N) is 1. The molecule has 2 aliphatic rings.